The lowest BCUT2D eigenvalue weighted by molar-refractivity contribution is 0.388. The number of hydrogen-bond donors (Lipinski definition) is 2. The predicted molar refractivity (Wildman–Crippen MR) is 125 cm³/mol. The minimum atomic E-state index is -0.470. The second kappa shape index (κ2) is 8.38. The molecule has 3 aromatic carbocycles. The molecule has 0 saturated carbocycles. The van der Waals surface area contributed by atoms with E-state index in [0.717, 1.165) is 14.8 Å². The third-order valence-corrected chi connectivity index (χ3v) is 5.89. The highest BCUT2D eigenvalue weighted by Gasteiger charge is 2.31. The summed E-state index contributed by atoms with van der Waals surface area (Å²) < 4.78 is 6.62. The van der Waals surface area contributed by atoms with Crippen molar-refractivity contribution >= 4 is 46.1 Å². The molecule has 4 rings (SSSR count). The molecule has 1 atom stereocenters. The Balaban J connectivity index is 1.84. The van der Waals surface area contributed by atoms with Crippen LogP contribution in [0, 0.1) is 14.9 Å². The van der Waals surface area contributed by atoms with Gasteiger partial charge < -0.3 is 15.6 Å². The van der Waals surface area contributed by atoms with Gasteiger partial charge in [0.25, 0.3) is 0 Å². The highest BCUT2D eigenvalue weighted by atomic mass is 127. The molecule has 1 aliphatic heterocycles. The maximum Gasteiger partial charge on any atom is 0.205 e. The van der Waals surface area contributed by atoms with E-state index >= 15 is 0 Å². The van der Waals surface area contributed by atoms with Crippen LogP contribution in [0.15, 0.2) is 77.1 Å². The summed E-state index contributed by atoms with van der Waals surface area (Å²) in [5.41, 5.74) is 9.09. The van der Waals surface area contributed by atoms with Crippen LogP contribution < -0.4 is 10.5 Å². The normalized spacial score (nSPS) is 15.6. The van der Waals surface area contributed by atoms with Gasteiger partial charge in [-0.3, -0.25) is 4.99 Å². The van der Waals surface area contributed by atoms with Crippen molar-refractivity contribution in [3.8, 4) is 17.6 Å². The zero-order chi connectivity index (χ0) is 21.3. The van der Waals surface area contributed by atoms with Crippen molar-refractivity contribution in [2.24, 2.45) is 10.7 Å². The highest BCUT2D eigenvalue weighted by Crippen LogP contribution is 2.44. The molecule has 0 bridgehead atoms. The van der Waals surface area contributed by atoms with Gasteiger partial charge in [0.2, 0.25) is 5.88 Å². The number of halogens is 2. The zero-order valence-electron chi connectivity index (χ0n) is 15.5. The van der Waals surface area contributed by atoms with Gasteiger partial charge in [-0.15, -0.1) is 0 Å². The molecular weight excluding hydrogens is 513 g/mol. The number of aromatic hydroxyl groups is 1. The third-order valence-electron chi connectivity index (χ3n) is 4.74. The maximum absolute atomic E-state index is 10.5. The van der Waals surface area contributed by atoms with Crippen LogP contribution in [-0.4, -0.2) is 11.3 Å². The molecule has 0 aliphatic carbocycles. The number of nitriles is 1. The predicted octanol–water partition coefficient (Wildman–Crippen LogP) is 5.62. The summed E-state index contributed by atoms with van der Waals surface area (Å²) in [4.78, 5) is 4.50. The SMILES string of the molecule is N#CC1=C(N)Oc2cc(O)c(C=Nc3ccccc3I)cc2[C@H]1c1cccc(Cl)c1. The maximum atomic E-state index is 10.5. The molecule has 0 radical (unpaired) electrons. The number of nitrogens with two attached hydrogens (primary N) is 1. The van der Waals surface area contributed by atoms with Gasteiger partial charge in [0.15, 0.2) is 0 Å². The molecule has 5 nitrogen and oxygen atoms in total. The van der Waals surface area contributed by atoms with E-state index in [1.165, 1.54) is 6.07 Å². The Labute approximate surface area is 192 Å². The molecule has 0 amide bonds. The average molecular weight is 528 g/mol. The van der Waals surface area contributed by atoms with Crippen LogP contribution in [0.1, 0.15) is 22.6 Å². The van der Waals surface area contributed by atoms with Gasteiger partial charge in [-0.1, -0.05) is 35.9 Å². The Morgan fingerprint density at radius 1 is 1.17 bits per heavy atom. The Hall–Kier alpha value is -3.02. The third kappa shape index (κ3) is 3.86. The summed E-state index contributed by atoms with van der Waals surface area (Å²) >= 11 is 8.39. The van der Waals surface area contributed by atoms with Crippen molar-refractivity contribution in [1.29, 1.82) is 5.26 Å². The van der Waals surface area contributed by atoms with Gasteiger partial charge in [-0.25, -0.2) is 0 Å². The number of phenolic OH excluding ortho intramolecular Hbond substituents is 1. The van der Waals surface area contributed by atoms with E-state index in [4.69, 9.17) is 22.1 Å². The molecule has 7 heteroatoms. The summed E-state index contributed by atoms with van der Waals surface area (Å²) in [6.07, 6.45) is 1.59. The number of fused-ring (bicyclic) bond motifs is 1. The van der Waals surface area contributed by atoms with Crippen LogP contribution >= 0.6 is 34.2 Å². The molecule has 148 valence electrons. The largest absolute Gasteiger partial charge is 0.507 e. The molecule has 1 aliphatic rings. The van der Waals surface area contributed by atoms with Crippen LogP contribution in [0.4, 0.5) is 5.69 Å². The van der Waals surface area contributed by atoms with Crippen molar-refractivity contribution in [2.45, 2.75) is 5.92 Å². The fourth-order valence-corrected chi connectivity index (χ4v) is 4.06. The minimum Gasteiger partial charge on any atom is -0.507 e. The van der Waals surface area contributed by atoms with Gasteiger partial charge in [0, 0.05) is 32.0 Å². The zero-order valence-corrected chi connectivity index (χ0v) is 18.4. The van der Waals surface area contributed by atoms with E-state index in [-0.39, 0.29) is 17.2 Å². The first-order valence-corrected chi connectivity index (χ1v) is 10.4. The standard InChI is InChI=1S/C23H15ClIN3O2/c24-15-5-3-4-13(8-15)22-16-9-14(12-28-19-7-2-1-6-18(19)25)20(29)10-21(16)30-23(27)17(22)11-26/h1-10,12,22,29H,27H2/t22-/m1/s1. The Morgan fingerprint density at radius 2 is 1.97 bits per heavy atom. The van der Waals surface area contributed by atoms with E-state index in [0.29, 0.717) is 21.9 Å². The second-order valence-corrected chi connectivity index (χ2v) is 8.24. The van der Waals surface area contributed by atoms with Gasteiger partial charge in [0.05, 0.1) is 11.6 Å². The fraction of sp³-hybridized carbons (Fsp3) is 0.0435. The molecular formula is C23H15ClIN3O2. The Kier molecular flexibility index (Phi) is 5.66. The van der Waals surface area contributed by atoms with Crippen molar-refractivity contribution < 1.29 is 9.84 Å². The number of hydrogen-bond acceptors (Lipinski definition) is 5. The van der Waals surface area contributed by atoms with Crippen molar-refractivity contribution in [2.75, 3.05) is 0 Å². The second-order valence-electron chi connectivity index (χ2n) is 6.64. The summed E-state index contributed by atoms with van der Waals surface area (Å²) in [5, 5.41) is 20.8. The van der Waals surface area contributed by atoms with E-state index in [9.17, 15) is 10.4 Å². The summed E-state index contributed by atoms with van der Waals surface area (Å²) in [5.74, 6) is -0.0707. The summed E-state index contributed by atoms with van der Waals surface area (Å²) in [6.45, 7) is 0. The lowest BCUT2D eigenvalue weighted by Gasteiger charge is -2.27. The first-order chi connectivity index (χ1) is 14.5. The van der Waals surface area contributed by atoms with Gasteiger partial charge in [-0.2, -0.15) is 5.26 Å². The molecule has 30 heavy (non-hydrogen) atoms. The van der Waals surface area contributed by atoms with E-state index in [2.05, 4.69) is 33.7 Å². The Morgan fingerprint density at radius 3 is 2.70 bits per heavy atom. The van der Waals surface area contributed by atoms with Crippen LogP contribution in [0.3, 0.4) is 0 Å². The van der Waals surface area contributed by atoms with E-state index in [1.807, 2.05) is 36.4 Å². The fourth-order valence-electron chi connectivity index (χ4n) is 3.34. The van der Waals surface area contributed by atoms with Crippen molar-refractivity contribution in [3.63, 3.8) is 0 Å². The lowest BCUT2D eigenvalue weighted by Crippen LogP contribution is -2.21. The van der Waals surface area contributed by atoms with E-state index < -0.39 is 5.92 Å². The van der Waals surface area contributed by atoms with Crippen LogP contribution in [0.2, 0.25) is 5.02 Å². The average Bonchev–Trinajstić information content (AvgIpc) is 2.72. The lowest BCUT2D eigenvalue weighted by atomic mass is 9.83. The van der Waals surface area contributed by atoms with Crippen molar-refractivity contribution in [1.82, 2.24) is 0 Å². The molecule has 0 aromatic heterocycles. The van der Waals surface area contributed by atoms with Crippen molar-refractivity contribution in [3.05, 3.63) is 97.4 Å². The number of para-hydroxylation sites is 1. The number of rotatable bonds is 3. The van der Waals surface area contributed by atoms with Gasteiger partial charge in [0.1, 0.15) is 23.1 Å². The highest BCUT2D eigenvalue weighted by molar-refractivity contribution is 14.1. The minimum absolute atomic E-state index is 0.00138. The number of aliphatic imine (C=N–C) groups is 1. The first-order valence-electron chi connectivity index (χ1n) is 8.96. The van der Waals surface area contributed by atoms with Crippen LogP contribution in [0.5, 0.6) is 11.5 Å². The quantitative estimate of drug-likeness (QED) is 0.342. The number of nitrogens with zero attached hydrogens (tertiary/aromatic N) is 2. The van der Waals surface area contributed by atoms with Crippen LogP contribution in [-0.2, 0) is 0 Å². The molecule has 3 aromatic rings. The first kappa shape index (κ1) is 20.3. The van der Waals surface area contributed by atoms with Crippen LogP contribution in [0.25, 0.3) is 0 Å². The summed E-state index contributed by atoms with van der Waals surface area (Å²) in [6, 6.07) is 20.3. The smallest absolute Gasteiger partial charge is 0.205 e. The number of ether oxygens (including phenoxy) is 1. The molecule has 1 heterocycles. The molecule has 0 unspecified atom stereocenters. The number of allylic oxidation sites excluding steroid dienone is 1. The number of phenols is 1. The number of benzene rings is 3. The molecule has 3 N–H and O–H groups in total. The van der Waals surface area contributed by atoms with Gasteiger partial charge >= 0.3 is 0 Å². The van der Waals surface area contributed by atoms with Gasteiger partial charge in [-0.05, 0) is 58.5 Å². The Bertz CT molecular complexity index is 1250. The van der Waals surface area contributed by atoms with E-state index in [1.54, 1.807) is 24.4 Å². The molecule has 0 fully saturated rings. The monoisotopic (exact) mass is 527 g/mol. The topological polar surface area (TPSA) is 91.6 Å². The summed E-state index contributed by atoms with van der Waals surface area (Å²) in [7, 11) is 0. The molecule has 0 spiro atoms. The molecule has 0 saturated heterocycles.